The average Bonchev–Trinajstić information content (AvgIpc) is 2.27. The summed E-state index contributed by atoms with van der Waals surface area (Å²) in [7, 11) is 0. The topological polar surface area (TPSA) is 23.8 Å². The van der Waals surface area contributed by atoms with E-state index in [0.29, 0.717) is 0 Å². The molecule has 0 spiro atoms. The Hall–Kier alpha value is -0.460. The Labute approximate surface area is 110 Å². The molecule has 0 N–H and O–H groups in total. The maximum atomic E-state index is 8.88. The van der Waals surface area contributed by atoms with Gasteiger partial charge in [0.15, 0.2) is 0 Å². The highest BCUT2D eigenvalue weighted by atomic mass is 79.9. The Bertz CT molecular complexity index is 365. The number of nitriles is 1. The largest absolute Gasteiger partial charge is 0.198 e. The van der Waals surface area contributed by atoms with Crippen molar-refractivity contribution in [3.05, 3.63) is 28.7 Å². The Kier molecular flexibility index (Phi) is 5.37. The van der Waals surface area contributed by atoms with Gasteiger partial charge in [-0.1, -0.05) is 15.9 Å². The zero-order valence-electron chi connectivity index (χ0n) is 9.66. The first-order chi connectivity index (χ1) is 7.53. The van der Waals surface area contributed by atoms with Gasteiger partial charge in [0, 0.05) is 9.37 Å². The Morgan fingerprint density at radius 1 is 1.31 bits per heavy atom. The SMILES string of the molecule is CC(C)(C#N)CCCSc1ccc(Br)cc1. The van der Waals surface area contributed by atoms with Crippen molar-refractivity contribution in [2.45, 2.75) is 31.6 Å². The zero-order valence-corrected chi connectivity index (χ0v) is 12.1. The molecule has 0 amide bonds. The lowest BCUT2D eigenvalue weighted by atomic mass is 9.90. The van der Waals surface area contributed by atoms with Crippen LogP contribution < -0.4 is 0 Å². The summed E-state index contributed by atoms with van der Waals surface area (Å²) in [6.45, 7) is 3.99. The minimum absolute atomic E-state index is 0.180. The molecule has 0 aromatic heterocycles. The van der Waals surface area contributed by atoms with Crippen molar-refractivity contribution >= 4 is 27.7 Å². The fourth-order valence-corrected chi connectivity index (χ4v) is 2.41. The number of rotatable bonds is 5. The molecule has 86 valence electrons. The average molecular weight is 298 g/mol. The predicted octanol–water partition coefficient (Wildman–Crippen LogP) is 4.87. The second kappa shape index (κ2) is 6.32. The molecule has 0 saturated heterocycles. The molecule has 0 fully saturated rings. The van der Waals surface area contributed by atoms with Gasteiger partial charge in [0.2, 0.25) is 0 Å². The number of thioether (sulfide) groups is 1. The van der Waals surface area contributed by atoms with Crippen LogP contribution in [-0.2, 0) is 0 Å². The fraction of sp³-hybridized carbons (Fsp3) is 0.462. The number of hydrogen-bond donors (Lipinski definition) is 0. The van der Waals surface area contributed by atoms with Crippen LogP contribution in [0.3, 0.4) is 0 Å². The second-order valence-corrected chi connectivity index (χ2v) is 6.49. The quantitative estimate of drug-likeness (QED) is 0.572. The van der Waals surface area contributed by atoms with Crippen LogP contribution in [0.2, 0.25) is 0 Å². The molecule has 0 aliphatic carbocycles. The van der Waals surface area contributed by atoms with Gasteiger partial charge in [-0.3, -0.25) is 0 Å². The number of benzene rings is 1. The normalized spacial score (nSPS) is 11.1. The van der Waals surface area contributed by atoms with E-state index < -0.39 is 0 Å². The molecule has 0 saturated carbocycles. The molecular weight excluding hydrogens is 282 g/mol. The maximum Gasteiger partial charge on any atom is 0.0683 e. The van der Waals surface area contributed by atoms with Gasteiger partial charge < -0.3 is 0 Å². The van der Waals surface area contributed by atoms with Crippen LogP contribution in [0.25, 0.3) is 0 Å². The summed E-state index contributed by atoms with van der Waals surface area (Å²) in [5.41, 5.74) is -0.180. The van der Waals surface area contributed by atoms with Gasteiger partial charge in [-0.15, -0.1) is 11.8 Å². The van der Waals surface area contributed by atoms with E-state index in [1.54, 1.807) is 0 Å². The van der Waals surface area contributed by atoms with Crippen molar-refractivity contribution in [3.63, 3.8) is 0 Å². The molecule has 0 heterocycles. The van der Waals surface area contributed by atoms with Crippen molar-refractivity contribution in [3.8, 4) is 6.07 Å². The van der Waals surface area contributed by atoms with Crippen LogP contribution in [0.1, 0.15) is 26.7 Å². The molecule has 0 aliphatic rings. The van der Waals surface area contributed by atoms with Crippen LogP contribution >= 0.6 is 27.7 Å². The van der Waals surface area contributed by atoms with Crippen LogP contribution in [0, 0.1) is 16.7 Å². The summed E-state index contributed by atoms with van der Waals surface area (Å²) in [5, 5.41) is 8.88. The molecule has 0 radical (unpaired) electrons. The van der Waals surface area contributed by atoms with Gasteiger partial charge in [0.05, 0.1) is 11.5 Å². The minimum Gasteiger partial charge on any atom is -0.198 e. The van der Waals surface area contributed by atoms with Crippen molar-refractivity contribution in [2.24, 2.45) is 5.41 Å². The summed E-state index contributed by atoms with van der Waals surface area (Å²) >= 11 is 5.27. The Morgan fingerprint density at radius 3 is 2.50 bits per heavy atom. The van der Waals surface area contributed by atoms with Crippen LogP contribution in [0.15, 0.2) is 33.6 Å². The summed E-state index contributed by atoms with van der Waals surface area (Å²) in [6, 6.07) is 10.7. The Balaban J connectivity index is 2.27. The van der Waals surface area contributed by atoms with E-state index in [-0.39, 0.29) is 5.41 Å². The van der Waals surface area contributed by atoms with E-state index in [1.807, 2.05) is 25.6 Å². The van der Waals surface area contributed by atoms with E-state index >= 15 is 0 Å². The van der Waals surface area contributed by atoms with Gasteiger partial charge in [0.25, 0.3) is 0 Å². The molecule has 0 atom stereocenters. The van der Waals surface area contributed by atoms with Crippen LogP contribution in [0.4, 0.5) is 0 Å². The lowest BCUT2D eigenvalue weighted by Gasteiger charge is -2.13. The second-order valence-electron chi connectivity index (χ2n) is 4.40. The zero-order chi connectivity index (χ0) is 12.0. The van der Waals surface area contributed by atoms with Crippen molar-refractivity contribution in [1.29, 1.82) is 5.26 Å². The predicted molar refractivity (Wildman–Crippen MR) is 73.5 cm³/mol. The monoisotopic (exact) mass is 297 g/mol. The van der Waals surface area contributed by atoms with Gasteiger partial charge >= 0.3 is 0 Å². The van der Waals surface area contributed by atoms with Crippen LogP contribution in [0.5, 0.6) is 0 Å². The molecule has 16 heavy (non-hydrogen) atoms. The third-order valence-corrected chi connectivity index (χ3v) is 3.96. The first-order valence-corrected chi connectivity index (χ1v) is 7.11. The summed E-state index contributed by atoms with van der Waals surface area (Å²) in [5.74, 6) is 1.08. The third-order valence-electron chi connectivity index (χ3n) is 2.33. The van der Waals surface area contributed by atoms with E-state index in [2.05, 4.69) is 46.3 Å². The lowest BCUT2D eigenvalue weighted by Crippen LogP contribution is -2.07. The third kappa shape index (κ3) is 5.05. The fourth-order valence-electron chi connectivity index (χ4n) is 1.29. The first-order valence-electron chi connectivity index (χ1n) is 5.33. The molecule has 3 heteroatoms. The first kappa shape index (κ1) is 13.6. The van der Waals surface area contributed by atoms with E-state index in [1.165, 1.54) is 4.90 Å². The standard InChI is InChI=1S/C13H16BrNS/c1-13(2,10-15)8-3-9-16-12-6-4-11(14)5-7-12/h4-7H,3,8-9H2,1-2H3. The molecule has 1 aromatic carbocycles. The number of nitrogens with zero attached hydrogens (tertiary/aromatic N) is 1. The summed E-state index contributed by atoms with van der Waals surface area (Å²) in [6.07, 6.45) is 2.05. The smallest absolute Gasteiger partial charge is 0.0683 e. The molecule has 0 unspecified atom stereocenters. The maximum absolute atomic E-state index is 8.88. The number of hydrogen-bond acceptors (Lipinski definition) is 2. The highest BCUT2D eigenvalue weighted by Crippen LogP contribution is 2.25. The summed E-state index contributed by atoms with van der Waals surface area (Å²) < 4.78 is 1.11. The van der Waals surface area contributed by atoms with Crippen molar-refractivity contribution in [2.75, 3.05) is 5.75 Å². The highest BCUT2D eigenvalue weighted by Gasteiger charge is 2.15. The minimum atomic E-state index is -0.180. The van der Waals surface area contributed by atoms with E-state index in [0.717, 1.165) is 23.1 Å². The van der Waals surface area contributed by atoms with E-state index in [4.69, 9.17) is 5.26 Å². The van der Waals surface area contributed by atoms with Gasteiger partial charge in [-0.2, -0.15) is 5.26 Å². The Morgan fingerprint density at radius 2 is 1.94 bits per heavy atom. The van der Waals surface area contributed by atoms with Crippen molar-refractivity contribution < 1.29 is 0 Å². The number of halogens is 1. The van der Waals surface area contributed by atoms with Gasteiger partial charge in [-0.25, -0.2) is 0 Å². The summed E-state index contributed by atoms with van der Waals surface area (Å²) in [4.78, 5) is 1.29. The van der Waals surface area contributed by atoms with Crippen molar-refractivity contribution in [1.82, 2.24) is 0 Å². The molecule has 0 aliphatic heterocycles. The van der Waals surface area contributed by atoms with Gasteiger partial charge in [0.1, 0.15) is 0 Å². The van der Waals surface area contributed by atoms with Gasteiger partial charge in [-0.05, 0) is 56.7 Å². The molecule has 1 nitrogen and oxygen atoms in total. The molecular formula is C13H16BrNS. The molecule has 0 bridgehead atoms. The lowest BCUT2D eigenvalue weighted by molar-refractivity contribution is 0.448. The molecule has 1 aromatic rings. The molecule has 1 rings (SSSR count). The van der Waals surface area contributed by atoms with Crippen LogP contribution in [-0.4, -0.2) is 5.75 Å². The van der Waals surface area contributed by atoms with E-state index in [9.17, 15) is 0 Å². The highest BCUT2D eigenvalue weighted by molar-refractivity contribution is 9.10.